The summed E-state index contributed by atoms with van der Waals surface area (Å²) in [5, 5.41) is 3.77. The molecule has 116 valence electrons. The molecule has 0 aromatic carbocycles. The number of morpholine rings is 1. The van der Waals surface area contributed by atoms with Gasteiger partial charge in [-0.1, -0.05) is 6.07 Å². The smallest absolute Gasteiger partial charge is 0.0605 e. The molecule has 1 unspecified atom stereocenters. The summed E-state index contributed by atoms with van der Waals surface area (Å²) >= 11 is 0. The fourth-order valence-electron chi connectivity index (χ4n) is 3.46. The molecule has 0 spiro atoms. The first-order valence-corrected chi connectivity index (χ1v) is 8.17. The summed E-state index contributed by atoms with van der Waals surface area (Å²) in [5.74, 6) is 0. The van der Waals surface area contributed by atoms with Gasteiger partial charge in [0.05, 0.1) is 18.9 Å². The minimum absolute atomic E-state index is 0.163. The van der Waals surface area contributed by atoms with E-state index >= 15 is 0 Å². The van der Waals surface area contributed by atoms with Gasteiger partial charge in [-0.15, -0.1) is 0 Å². The minimum atomic E-state index is 0.163. The van der Waals surface area contributed by atoms with Crippen molar-refractivity contribution in [3.63, 3.8) is 0 Å². The van der Waals surface area contributed by atoms with Crippen LogP contribution in [0.4, 0.5) is 0 Å². The molecule has 1 aliphatic heterocycles. The second-order valence-electron chi connectivity index (χ2n) is 6.79. The number of aryl methyl sites for hydroxylation is 1. The molecule has 1 aliphatic carbocycles. The van der Waals surface area contributed by atoms with Crippen LogP contribution in [0.5, 0.6) is 0 Å². The van der Waals surface area contributed by atoms with E-state index in [0.717, 1.165) is 32.8 Å². The Balaban J connectivity index is 1.62. The molecule has 2 aliphatic rings. The van der Waals surface area contributed by atoms with Crippen LogP contribution < -0.4 is 5.32 Å². The number of aromatic nitrogens is 1. The highest BCUT2D eigenvalue weighted by atomic mass is 16.5. The van der Waals surface area contributed by atoms with Gasteiger partial charge >= 0.3 is 0 Å². The van der Waals surface area contributed by atoms with Crippen LogP contribution >= 0.6 is 0 Å². The number of hydrogen-bond donors (Lipinski definition) is 1. The monoisotopic (exact) mass is 289 g/mol. The lowest BCUT2D eigenvalue weighted by Crippen LogP contribution is -2.55. The predicted molar refractivity (Wildman–Crippen MR) is 84.4 cm³/mol. The van der Waals surface area contributed by atoms with Crippen molar-refractivity contribution in [2.24, 2.45) is 0 Å². The van der Waals surface area contributed by atoms with Crippen LogP contribution in [0.15, 0.2) is 18.3 Å². The maximum atomic E-state index is 5.46. The summed E-state index contributed by atoms with van der Waals surface area (Å²) in [6.45, 7) is 9.44. The van der Waals surface area contributed by atoms with Crippen molar-refractivity contribution in [1.82, 2.24) is 15.2 Å². The van der Waals surface area contributed by atoms with Crippen LogP contribution in [0.2, 0.25) is 0 Å². The van der Waals surface area contributed by atoms with Crippen molar-refractivity contribution in [3.05, 3.63) is 29.6 Å². The van der Waals surface area contributed by atoms with E-state index in [0.29, 0.717) is 6.04 Å². The summed E-state index contributed by atoms with van der Waals surface area (Å²) < 4.78 is 5.46. The standard InChI is InChI=1S/C17H27N3O/c1-17(2,20-9-11-21-12-10-20)13-19-15-7-3-5-14-6-4-8-18-16(14)15/h4,6,8,15,19H,3,5,7,9-13H2,1-2H3. The molecule has 0 saturated carbocycles. The molecule has 4 heteroatoms. The normalized spacial score (nSPS) is 23.8. The Morgan fingerprint density at radius 3 is 3.00 bits per heavy atom. The first-order chi connectivity index (χ1) is 10.2. The van der Waals surface area contributed by atoms with Crippen molar-refractivity contribution < 1.29 is 4.74 Å². The number of nitrogens with one attached hydrogen (secondary N) is 1. The van der Waals surface area contributed by atoms with Crippen LogP contribution in [0, 0.1) is 0 Å². The highest BCUT2D eigenvalue weighted by Crippen LogP contribution is 2.28. The molecular formula is C17H27N3O. The SMILES string of the molecule is CC(C)(CNC1CCCc2cccnc21)N1CCOCC1. The molecule has 0 radical (unpaired) electrons. The maximum Gasteiger partial charge on any atom is 0.0605 e. The van der Waals surface area contributed by atoms with E-state index in [1.165, 1.54) is 30.5 Å². The van der Waals surface area contributed by atoms with E-state index in [-0.39, 0.29) is 5.54 Å². The molecule has 1 saturated heterocycles. The lowest BCUT2D eigenvalue weighted by molar-refractivity contribution is -0.0105. The van der Waals surface area contributed by atoms with E-state index in [9.17, 15) is 0 Å². The highest BCUT2D eigenvalue weighted by Gasteiger charge is 2.30. The molecule has 1 fully saturated rings. The Morgan fingerprint density at radius 1 is 1.38 bits per heavy atom. The summed E-state index contributed by atoms with van der Waals surface area (Å²) in [5.41, 5.74) is 2.85. The molecule has 3 rings (SSSR count). The Kier molecular flexibility index (Phi) is 4.57. The molecule has 0 amide bonds. The molecule has 21 heavy (non-hydrogen) atoms. The Labute approximate surface area is 127 Å². The van der Waals surface area contributed by atoms with Crippen LogP contribution in [0.3, 0.4) is 0 Å². The third-order valence-electron chi connectivity index (χ3n) is 4.84. The van der Waals surface area contributed by atoms with Crippen molar-refractivity contribution in [2.45, 2.75) is 44.7 Å². The summed E-state index contributed by atoms with van der Waals surface area (Å²) in [4.78, 5) is 7.15. The average molecular weight is 289 g/mol. The zero-order valence-corrected chi connectivity index (χ0v) is 13.3. The van der Waals surface area contributed by atoms with Crippen LogP contribution in [-0.4, -0.2) is 48.3 Å². The van der Waals surface area contributed by atoms with Crippen molar-refractivity contribution >= 4 is 0 Å². The largest absolute Gasteiger partial charge is 0.379 e. The minimum Gasteiger partial charge on any atom is -0.379 e. The molecule has 4 nitrogen and oxygen atoms in total. The predicted octanol–water partition coefficient (Wildman–Crippen LogP) is 2.16. The van der Waals surface area contributed by atoms with Gasteiger partial charge in [0.25, 0.3) is 0 Å². The van der Waals surface area contributed by atoms with Gasteiger partial charge in [0, 0.05) is 37.4 Å². The van der Waals surface area contributed by atoms with Gasteiger partial charge in [0.2, 0.25) is 0 Å². The Morgan fingerprint density at radius 2 is 2.19 bits per heavy atom. The van der Waals surface area contributed by atoms with Gasteiger partial charge in [-0.3, -0.25) is 9.88 Å². The van der Waals surface area contributed by atoms with E-state index in [4.69, 9.17) is 4.74 Å². The van der Waals surface area contributed by atoms with Crippen molar-refractivity contribution in [3.8, 4) is 0 Å². The van der Waals surface area contributed by atoms with Crippen LogP contribution in [-0.2, 0) is 11.2 Å². The first-order valence-electron chi connectivity index (χ1n) is 8.17. The molecule has 0 bridgehead atoms. The van der Waals surface area contributed by atoms with Crippen LogP contribution in [0.1, 0.15) is 44.0 Å². The van der Waals surface area contributed by atoms with Gasteiger partial charge in [-0.2, -0.15) is 0 Å². The fraction of sp³-hybridized carbons (Fsp3) is 0.706. The van der Waals surface area contributed by atoms with E-state index in [1.807, 2.05) is 6.20 Å². The number of fused-ring (bicyclic) bond motifs is 1. The number of ether oxygens (including phenoxy) is 1. The van der Waals surface area contributed by atoms with E-state index in [1.54, 1.807) is 0 Å². The maximum absolute atomic E-state index is 5.46. The van der Waals surface area contributed by atoms with Crippen molar-refractivity contribution in [1.29, 1.82) is 0 Å². The van der Waals surface area contributed by atoms with Gasteiger partial charge in [0.15, 0.2) is 0 Å². The van der Waals surface area contributed by atoms with Crippen molar-refractivity contribution in [2.75, 3.05) is 32.8 Å². The zero-order chi connectivity index (χ0) is 14.7. The fourth-order valence-corrected chi connectivity index (χ4v) is 3.46. The second kappa shape index (κ2) is 6.42. The third-order valence-corrected chi connectivity index (χ3v) is 4.84. The quantitative estimate of drug-likeness (QED) is 0.922. The first kappa shape index (κ1) is 14.9. The van der Waals surface area contributed by atoms with E-state index < -0.39 is 0 Å². The number of rotatable bonds is 4. The molecule has 1 aromatic heterocycles. The number of pyridine rings is 1. The summed E-state index contributed by atoms with van der Waals surface area (Å²) in [6.07, 6.45) is 5.55. The van der Waals surface area contributed by atoms with Gasteiger partial charge < -0.3 is 10.1 Å². The average Bonchev–Trinajstić information content (AvgIpc) is 2.54. The summed E-state index contributed by atoms with van der Waals surface area (Å²) in [7, 11) is 0. The molecule has 2 heterocycles. The number of nitrogens with zero attached hydrogens (tertiary/aromatic N) is 2. The topological polar surface area (TPSA) is 37.4 Å². The molecule has 1 aromatic rings. The third kappa shape index (κ3) is 3.44. The second-order valence-corrected chi connectivity index (χ2v) is 6.79. The molecule has 1 N–H and O–H groups in total. The van der Waals surface area contributed by atoms with Gasteiger partial charge in [-0.25, -0.2) is 0 Å². The lowest BCUT2D eigenvalue weighted by Gasteiger charge is -2.42. The Hall–Kier alpha value is -0.970. The van der Waals surface area contributed by atoms with Gasteiger partial charge in [0.1, 0.15) is 0 Å². The zero-order valence-electron chi connectivity index (χ0n) is 13.3. The lowest BCUT2D eigenvalue weighted by atomic mass is 9.91. The van der Waals surface area contributed by atoms with Gasteiger partial charge in [-0.05, 0) is 44.7 Å². The summed E-state index contributed by atoms with van der Waals surface area (Å²) in [6, 6.07) is 4.69. The molecule has 1 atom stereocenters. The van der Waals surface area contributed by atoms with Crippen LogP contribution in [0.25, 0.3) is 0 Å². The highest BCUT2D eigenvalue weighted by molar-refractivity contribution is 5.25. The van der Waals surface area contributed by atoms with E-state index in [2.05, 4.69) is 41.2 Å². The Bertz CT molecular complexity index is 469. The number of hydrogen-bond acceptors (Lipinski definition) is 4. The molecular weight excluding hydrogens is 262 g/mol.